The van der Waals surface area contributed by atoms with E-state index in [0.717, 1.165) is 19.7 Å². The molecule has 2 atom stereocenters. The molecular weight excluding hydrogens is 274 g/mol. The third kappa shape index (κ3) is 3.36. The number of ether oxygens (including phenoxy) is 2. The highest BCUT2D eigenvalue weighted by Gasteiger charge is 2.32. The van der Waals surface area contributed by atoms with Gasteiger partial charge in [-0.1, -0.05) is 0 Å². The number of rotatable bonds is 5. The number of anilines is 1. The average Bonchev–Trinajstić information content (AvgIpc) is 3.14. The fourth-order valence-electron chi connectivity index (χ4n) is 2.86. The fourth-order valence-corrected chi connectivity index (χ4v) is 2.86. The molecule has 3 heterocycles. The van der Waals surface area contributed by atoms with Crippen molar-refractivity contribution in [3.63, 3.8) is 0 Å². The van der Waals surface area contributed by atoms with Crippen LogP contribution in [0.4, 0.5) is 6.01 Å². The average molecular weight is 295 g/mol. The summed E-state index contributed by atoms with van der Waals surface area (Å²) in [5.74, 6) is -0.469. The van der Waals surface area contributed by atoms with E-state index in [1.165, 1.54) is 19.1 Å². The molecule has 21 heavy (non-hydrogen) atoms. The van der Waals surface area contributed by atoms with Crippen LogP contribution in [0.3, 0.4) is 0 Å². The summed E-state index contributed by atoms with van der Waals surface area (Å²) in [5.41, 5.74) is 0.184. The zero-order valence-electron chi connectivity index (χ0n) is 12.2. The van der Waals surface area contributed by atoms with Crippen LogP contribution in [0.5, 0.6) is 0 Å². The molecule has 0 bridgehead atoms. The van der Waals surface area contributed by atoms with E-state index in [4.69, 9.17) is 13.9 Å². The van der Waals surface area contributed by atoms with Crippen LogP contribution in [0.2, 0.25) is 0 Å². The molecule has 1 aromatic heterocycles. The molecular formula is C14H21N3O4. The largest absolute Gasteiger partial charge is 0.461 e. The first-order chi connectivity index (χ1) is 10.3. The lowest BCUT2D eigenvalue weighted by Crippen LogP contribution is -2.48. The van der Waals surface area contributed by atoms with E-state index in [1.807, 2.05) is 0 Å². The van der Waals surface area contributed by atoms with Gasteiger partial charge in [0.2, 0.25) is 0 Å². The molecule has 0 spiro atoms. The van der Waals surface area contributed by atoms with Gasteiger partial charge in [-0.15, -0.1) is 0 Å². The first kappa shape index (κ1) is 14.3. The van der Waals surface area contributed by atoms with Crippen molar-refractivity contribution in [3.8, 4) is 0 Å². The molecule has 0 saturated carbocycles. The predicted octanol–water partition coefficient (Wildman–Crippen LogP) is 1.13. The van der Waals surface area contributed by atoms with E-state index in [-0.39, 0.29) is 11.8 Å². The van der Waals surface area contributed by atoms with Crippen LogP contribution < -0.4 is 5.32 Å². The van der Waals surface area contributed by atoms with Crippen LogP contribution in [-0.4, -0.2) is 60.8 Å². The van der Waals surface area contributed by atoms with Crippen molar-refractivity contribution >= 4 is 12.0 Å². The number of aromatic nitrogens is 1. The van der Waals surface area contributed by atoms with Gasteiger partial charge in [0.1, 0.15) is 6.26 Å². The molecule has 1 aromatic rings. The molecule has 0 aliphatic carbocycles. The monoisotopic (exact) mass is 295 g/mol. The highest BCUT2D eigenvalue weighted by atomic mass is 16.5. The lowest BCUT2D eigenvalue weighted by molar-refractivity contribution is -0.0417. The molecule has 2 fully saturated rings. The van der Waals surface area contributed by atoms with Gasteiger partial charge in [0, 0.05) is 19.1 Å². The molecule has 0 radical (unpaired) electrons. The van der Waals surface area contributed by atoms with Gasteiger partial charge in [0.15, 0.2) is 5.69 Å². The SMILES string of the molecule is CCOC(=O)c1coc(NCC2CN3CCCC3CO2)n1. The molecule has 116 valence electrons. The van der Waals surface area contributed by atoms with E-state index in [1.54, 1.807) is 6.92 Å². The number of fused-ring (bicyclic) bond motifs is 1. The Morgan fingerprint density at radius 3 is 3.38 bits per heavy atom. The molecule has 1 N–H and O–H groups in total. The molecule has 2 aliphatic rings. The number of carbonyl (C=O) groups excluding carboxylic acids is 1. The minimum atomic E-state index is -0.469. The van der Waals surface area contributed by atoms with Gasteiger partial charge in [-0.3, -0.25) is 4.90 Å². The summed E-state index contributed by atoms with van der Waals surface area (Å²) in [6.07, 6.45) is 3.93. The first-order valence-corrected chi connectivity index (χ1v) is 7.48. The van der Waals surface area contributed by atoms with Crippen LogP contribution >= 0.6 is 0 Å². The third-order valence-corrected chi connectivity index (χ3v) is 3.93. The van der Waals surface area contributed by atoms with Gasteiger partial charge in [-0.05, 0) is 26.3 Å². The Morgan fingerprint density at radius 2 is 2.52 bits per heavy atom. The quantitative estimate of drug-likeness (QED) is 0.816. The van der Waals surface area contributed by atoms with Crippen molar-refractivity contribution in [3.05, 3.63) is 12.0 Å². The molecule has 2 unspecified atom stereocenters. The number of esters is 1. The van der Waals surface area contributed by atoms with E-state index in [0.29, 0.717) is 25.2 Å². The predicted molar refractivity (Wildman–Crippen MR) is 75.3 cm³/mol. The Balaban J connectivity index is 1.48. The molecule has 7 heteroatoms. The van der Waals surface area contributed by atoms with E-state index >= 15 is 0 Å². The lowest BCUT2D eigenvalue weighted by Gasteiger charge is -2.35. The summed E-state index contributed by atoms with van der Waals surface area (Å²) in [6, 6.07) is 0.920. The second-order valence-corrected chi connectivity index (χ2v) is 5.39. The Bertz CT molecular complexity index is 490. The second-order valence-electron chi connectivity index (χ2n) is 5.39. The van der Waals surface area contributed by atoms with Crippen LogP contribution in [0, 0.1) is 0 Å². The number of hydrogen-bond acceptors (Lipinski definition) is 7. The highest BCUT2D eigenvalue weighted by Crippen LogP contribution is 2.22. The molecule has 3 rings (SSSR count). The Hall–Kier alpha value is -1.60. The topological polar surface area (TPSA) is 76.8 Å². The van der Waals surface area contributed by atoms with Crippen LogP contribution in [-0.2, 0) is 9.47 Å². The van der Waals surface area contributed by atoms with Crippen molar-refractivity contribution in [2.75, 3.05) is 38.2 Å². The maximum Gasteiger partial charge on any atom is 0.360 e. The minimum Gasteiger partial charge on any atom is -0.461 e. The van der Waals surface area contributed by atoms with Crippen molar-refractivity contribution in [1.29, 1.82) is 0 Å². The second kappa shape index (κ2) is 6.44. The van der Waals surface area contributed by atoms with Gasteiger partial charge < -0.3 is 19.2 Å². The number of carbonyl (C=O) groups is 1. The fraction of sp³-hybridized carbons (Fsp3) is 0.714. The number of morpholine rings is 1. The Labute approximate surface area is 123 Å². The smallest absolute Gasteiger partial charge is 0.360 e. The van der Waals surface area contributed by atoms with Gasteiger partial charge in [-0.2, -0.15) is 4.98 Å². The lowest BCUT2D eigenvalue weighted by atomic mass is 10.2. The summed E-state index contributed by atoms with van der Waals surface area (Å²) >= 11 is 0. The summed E-state index contributed by atoms with van der Waals surface area (Å²) in [4.78, 5) is 18.0. The number of nitrogens with one attached hydrogen (secondary N) is 1. The van der Waals surface area contributed by atoms with Gasteiger partial charge >= 0.3 is 5.97 Å². The third-order valence-electron chi connectivity index (χ3n) is 3.93. The summed E-state index contributed by atoms with van der Waals surface area (Å²) in [5, 5.41) is 3.07. The van der Waals surface area contributed by atoms with E-state index in [9.17, 15) is 4.79 Å². The molecule has 7 nitrogen and oxygen atoms in total. The Morgan fingerprint density at radius 1 is 1.62 bits per heavy atom. The highest BCUT2D eigenvalue weighted by molar-refractivity contribution is 5.87. The zero-order chi connectivity index (χ0) is 14.7. The normalized spacial score (nSPS) is 25.6. The Kier molecular flexibility index (Phi) is 4.40. The van der Waals surface area contributed by atoms with Crippen molar-refractivity contribution in [2.45, 2.75) is 31.9 Å². The van der Waals surface area contributed by atoms with Crippen LogP contribution in [0.1, 0.15) is 30.3 Å². The standard InChI is InChI=1S/C14H21N3O4/c1-2-19-13(18)12-9-21-14(16-12)15-6-11-7-17-5-3-4-10(17)8-20-11/h9-11H,2-8H2,1H3,(H,15,16). The van der Waals surface area contributed by atoms with Crippen molar-refractivity contribution in [1.82, 2.24) is 9.88 Å². The zero-order valence-corrected chi connectivity index (χ0v) is 12.2. The first-order valence-electron chi connectivity index (χ1n) is 7.48. The molecule has 0 amide bonds. The number of oxazole rings is 1. The maximum absolute atomic E-state index is 11.5. The number of nitrogens with zero attached hydrogens (tertiary/aromatic N) is 2. The van der Waals surface area contributed by atoms with Gasteiger partial charge in [0.05, 0.1) is 19.3 Å². The maximum atomic E-state index is 11.5. The van der Waals surface area contributed by atoms with Crippen molar-refractivity contribution in [2.24, 2.45) is 0 Å². The van der Waals surface area contributed by atoms with Crippen molar-refractivity contribution < 1.29 is 18.7 Å². The molecule has 2 aliphatic heterocycles. The summed E-state index contributed by atoms with van der Waals surface area (Å²) in [7, 11) is 0. The van der Waals surface area contributed by atoms with E-state index < -0.39 is 5.97 Å². The van der Waals surface area contributed by atoms with Gasteiger partial charge in [0.25, 0.3) is 6.01 Å². The number of hydrogen-bond donors (Lipinski definition) is 1. The van der Waals surface area contributed by atoms with Crippen LogP contribution in [0.15, 0.2) is 10.7 Å². The summed E-state index contributed by atoms with van der Waals surface area (Å²) in [6.45, 7) is 5.59. The minimum absolute atomic E-state index is 0.122. The molecule has 2 saturated heterocycles. The summed E-state index contributed by atoms with van der Waals surface area (Å²) < 4.78 is 15.9. The van der Waals surface area contributed by atoms with Crippen LogP contribution in [0.25, 0.3) is 0 Å². The molecule has 0 aromatic carbocycles. The van der Waals surface area contributed by atoms with E-state index in [2.05, 4.69) is 15.2 Å². The van der Waals surface area contributed by atoms with Gasteiger partial charge in [-0.25, -0.2) is 4.79 Å².